The average molecular weight is 203 g/mol. The van der Waals surface area contributed by atoms with Crippen molar-refractivity contribution in [2.75, 3.05) is 19.7 Å². The molecule has 80 valence electrons. The van der Waals surface area contributed by atoms with Gasteiger partial charge < -0.3 is 10.1 Å². The van der Waals surface area contributed by atoms with Crippen LogP contribution in [0, 0.1) is 6.92 Å². The quantitative estimate of drug-likeness (QED) is 0.754. The Labute approximate surface area is 90.6 Å². The first kappa shape index (κ1) is 9.22. The maximum absolute atomic E-state index is 5.63. The van der Waals surface area contributed by atoms with E-state index in [2.05, 4.69) is 24.4 Å². The molecule has 0 spiro atoms. The van der Waals surface area contributed by atoms with Gasteiger partial charge in [-0.25, -0.2) is 0 Å². The van der Waals surface area contributed by atoms with Gasteiger partial charge in [0.25, 0.3) is 0 Å². The summed E-state index contributed by atoms with van der Waals surface area (Å²) in [6.07, 6.45) is 2.36. The molecule has 1 fully saturated rings. The molecule has 0 aromatic heterocycles. The van der Waals surface area contributed by atoms with Gasteiger partial charge in [-0.3, -0.25) is 0 Å². The lowest BCUT2D eigenvalue weighted by atomic mass is 9.94. The highest BCUT2D eigenvalue weighted by molar-refractivity contribution is 5.47. The summed E-state index contributed by atoms with van der Waals surface area (Å²) >= 11 is 0. The van der Waals surface area contributed by atoms with Crippen LogP contribution in [0.25, 0.3) is 0 Å². The zero-order valence-corrected chi connectivity index (χ0v) is 9.18. The molecule has 15 heavy (non-hydrogen) atoms. The first-order valence-corrected chi connectivity index (χ1v) is 5.81. The second-order valence-corrected chi connectivity index (χ2v) is 4.61. The van der Waals surface area contributed by atoms with Gasteiger partial charge in [-0.2, -0.15) is 0 Å². The second kappa shape index (κ2) is 3.53. The zero-order chi connectivity index (χ0) is 10.3. The van der Waals surface area contributed by atoms with Crippen molar-refractivity contribution in [3.05, 3.63) is 28.8 Å². The van der Waals surface area contributed by atoms with Crippen molar-refractivity contribution in [2.45, 2.75) is 25.7 Å². The monoisotopic (exact) mass is 203 g/mol. The van der Waals surface area contributed by atoms with Crippen molar-refractivity contribution in [3.8, 4) is 5.75 Å². The van der Waals surface area contributed by atoms with Crippen LogP contribution >= 0.6 is 0 Å². The molecule has 1 unspecified atom stereocenters. The molecule has 2 nitrogen and oxygen atoms in total. The highest BCUT2D eigenvalue weighted by Crippen LogP contribution is 2.34. The molecule has 1 aromatic carbocycles. The Hall–Kier alpha value is -1.02. The third-order valence-electron chi connectivity index (χ3n) is 3.52. The number of fused-ring (bicyclic) bond motifs is 1. The molecule has 2 heteroatoms. The van der Waals surface area contributed by atoms with E-state index >= 15 is 0 Å². The standard InChI is InChI=1S/C13H17NO/c1-9-6-12(11-2-4-14-8-11)7-10-3-5-15-13(9)10/h6-7,11,14H,2-5,8H2,1H3. The van der Waals surface area contributed by atoms with Crippen molar-refractivity contribution in [1.82, 2.24) is 5.32 Å². The summed E-state index contributed by atoms with van der Waals surface area (Å²) in [6, 6.07) is 4.66. The molecule has 1 N–H and O–H groups in total. The molecule has 3 rings (SSSR count). The maximum atomic E-state index is 5.63. The van der Waals surface area contributed by atoms with Crippen LogP contribution in [0.3, 0.4) is 0 Å². The van der Waals surface area contributed by atoms with E-state index in [0.29, 0.717) is 0 Å². The first-order valence-electron chi connectivity index (χ1n) is 5.81. The summed E-state index contributed by atoms with van der Waals surface area (Å²) in [5.74, 6) is 1.86. The number of hydrogen-bond donors (Lipinski definition) is 1. The molecule has 0 aliphatic carbocycles. The molecule has 1 saturated heterocycles. The van der Waals surface area contributed by atoms with E-state index in [9.17, 15) is 0 Å². The zero-order valence-electron chi connectivity index (χ0n) is 9.18. The number of benzene rings is 1. The Bertz CT molecular complexity index is 380. The number of hydrogen-bond acceptors (Lipinski definition) is 2. The van der Waals surface area contributed by atoms with Gasteiger partial charge in [0, 0.05) is 13.0 Å². The molecule has 2 heterocycles. The van der Waals surface area contributed by atoms with Gasteiger partial charge >= 0.3 is 0 Å². The van der Waals surface area contributed by atoms with E-state index in [0.717, 1.165) is 37.8 Å². The Kier molecular flexibility index (Phi) is 2.17. The van der Waals surface area contributed by atoms with Crippen LogP contribution in [0.2, 0.25) is 0 Å². The lowest BCUT2D eigenvalue weighted by Gasteiger charge is -2.12. The topological polar surface area (TPSA) is 21.3 Å². The van der Waals surface area contributed by atoms with Gasteiger partial charge in [0.1, 0.15) is 5.75 Å². The summed E-state index contributed by atoms with van der Waals surface area (Å²) in [6.45, 7) is 5.33. The number of nitrogens with one attached hydrogen (secondary N) is 1. The van der Waals surface area contributed by atoms with Crippen LogP contribution in [0.1, 0.15) is 29.0 Å². The minimum atomic E-state index is 0.717. The largest absolute Gasteiger partial charge is 0.493 e. The SMILES string of the molecule is Cc1cc(C2CCNC2)cc2c1OCC2. The number of rotatable bonds is 1. The van der Waals surface area contributed by atoms with Crippen LogP contribution in [-0.2, 0) is 6.42 Å². The van der Waals surface area contributed by atoms with Crippen molar-refractivity contribution in [3.63, 3.8) is 0 Å². The molecule has 0 saturated carbocycles. The average Bonchev–Trinajstić information content (AvgIpc) is 2.88. The van der Waals surface area contributed by atoms with Gasteiger partial charge in [-0.15, -0.1) is 0 Å². The Morgan fingerprint density at radius 2 is 2.33 bits per heavy atom. The van der Waals surface area contributed by atoms with Crippen molar-refractivity contribution < 1.29 is 4.74 Å². The summed E-state index contributed by atoms with van der Waals surface area (Å²) < 4.78 is 5.63. The van der Waals surface area contributed by atoms with Crippen molar-refractivity contribution >= 4 is 0 Å². The van der Waals surface area contributed by atoms with Crippen LogP contribution in [0.4, 0.5) is 0 Å². The van der Waals surface area contributed by atoms with Crippen LogP contribution in [0.15, 0.2) is 12.1 Å². The van der Waals surface area contributed by atoms with Crippen molar-refractivity contribution in [2.24, 2.45) is 0 Å². The summed E-state index contributed by atoms with van der Waals surface area (Å²) in [5, 5.41) is 3.43. The molecular weight excluding hydrogens is 186 g/mol. The predicted octanol–water partition coefficient (Wildman–Crippen LogP) is 2.01. The minimum absolute atomic E-state index is 0.717. The van der Waals surface area contributed by atoms with Crippen LogP contribution in [0.5, 0.6) is 5.75 Å². The fraction of sp³-hybridized carbons (Fsp3) is 0.538. The summed E-state index contributed by atoms with van der Waals surface area (Å²) in [7, 11) is 0. The summed E-state index contributed by atoms with van der Waals surface area (Å²) in [5.41, 5.74) is 4.23. The highest BCUT2D eigenvalue weighted by atomic mass is 16.5. The highest BCUT2D eigenvalue weighted by Gasteiger charge is 2.21. The van der Waals surface area contributed by atoms with E-state index in [1.165, 1.54) is 23.1 Å². The Morgan fingerprint density at radius 1 is 1.40 bits per heavy atom. The Balaban J connectivity index is 1.99. The lowest BCUT2D eigenvalue weighted by Crippen LogP contribution is -2.08. The smallest absolute Gasteiger partial charge is 0.125 e. The van der Waals surface area contributed by atoms with Gasteiger partial charge in [0.15, 0.2) is 0 Å². The molecule has 0 radical (unpaired) electrons. The molecule has 0 amide bonds. The van der Waals surface area contributed by atoms with Crippen LogP contribution in [-0.4, -0.2) is 19.7 Å². The molecule has 1 atom stereocenters. The van der Waals surface area contributed by atoms with Crippen LogP contribution < -0.4 is 10.1 Å². The third kappa shape index (κ3) is 1.53. The Morgan fingerprint density at radius 3 is 3.13 bits per heavy atom. The van der Waals surface area contributed by atoms with Gasteiger partial charge in [0.2, 0.25) is 0 Å². The third-order valence-corrected chi connectivity index (χ3v) is 3.52. The van der Waals surface area contributed by atoms with E-state index < -0.39 is 0 Å². The molecular formula is C13H17NO. The van der Waals surface area contributed by atoms with Crippen molar-refractivity contribution in [1.29, 1.82) is 0 Å². The van der Waals surface area contributed by atoms with Gasteiger partial charge in [0.05, 0.1) is 6.61 Å². The molecule has 1 aromatic rings. The number of aryl methyl sites for hydroxylation is 1. The predicted molar refractivity (Wildman–Crippen MR) is 60.6 cm³/mol. The molecule has 0 bridgehead atoms. The molecule has 2 aliphatic heterocycles. The first-order chi connectivity index (χ1) is 7.34. The van der Waals surface area contributed by atoms with Gasteiger partial charge in [-0.05, 0) is 42.5 Å². The lowest BCUT2D eigenvalue weighted by molar-refractivity contribution is 0.354. The van der Waals surface area contributed by atoms with E-state index in [1.54, 1.807) is 0 Å². The van der Waals surface area contributed by atoms with E-state index in [-0.39, 0.29) is 0 Å². The van der Waals surface area contributed by atoms with Gasteiger partial charge in [-0.1, -0.05) is 12.1 Å². The summed E-state index contributed by atoms with van der Waals surface area (Å²) in [4.78, 5) is 0. The fourth-order valence-electron chi connectivity index (χ4n) is 2.71. The normalized spacial score (nSPS) is 23.9. The minimum Gasteiger partial charge on any atom is -0.493 e. The number of ether oxygens (including phenoxy) is 1. The molecule has 2 aliphatic rings. The maximum Gasteiger partial charge on any atom is 0.125 e. The fourth-order valence-corrected chi connectivity index (χ4v) is 2.71. The van der Waals surface area contributed by atoms with E-state index in [1.807, 2.05) is 0 Å². The van der Waals surface area contributed by atoms with E-state index in [4.69, 9.17) is 4.74 Å². The second-order valence-electron chi connectivity index (χ2n) is 4.61.